The van der Waals surface area contributed by atoms with Crippen molar-refractivity contribution >= 4 is 67.4 Å². The molecule has 0 aromatic heterocycles. The summed E-state index contributed by atoms with van der Waals surface area (Å²) in [4.78, 5) is 27.6. The number of hydrogen-bond acceptors (Lipinski definition) is 6. The summed E-state index contributed by atoms with van der Waals surface area (Å²) in [5.41, 5.74) is 19.2. The zero-order valence-electron chi connectivity index (χ0n) is 53.7. The van der Waals surface area contributed by atoms with E-state index >= 15 is 0 Å². The zero-order chi connectivity index (χ0) is 60.0. The van der Waals surface area contributed by atoms with Gasteiger partial charge in [0.25, 0.3) is 0 Å². The standard InChI is InChI=1S/C32H38N.C19H21NO.C13H17NO.C9H9Br.C4H8O.BrH.Cs.2H2O/c1-5-7-17-33(18-8-6-2)21-29-23(3)19-25-13-9-11-15-27(25)31(29)32-28-16-12-10-14-26(28)20-24(4)30(32)22-33;1-16(21)19(20,15-18-11-6-3-7-12-18)14-8-13-17-9-4-2-5-10-17;1-3-9-14-13(11(2)15)10-12-7-5-4-6-8-12;10-8-4-7-9-5-2-1-3-6-9;1-2-4-5-3-1;;;;/h9-16,19-20H,5-8,17-18,21-22H2,1-4H3;2-13H,14-15,20H2,1H3;4-9,13H,3,10H2,1-2H3;1-7H,8H2;1-4H2;1H;;2*1H2/q+1;;;;;;+1;;/p-2/b;13-8+;;7-4+;;;;;/t;19-;;;;;;;/m.0......./s1. The molecule has 8 nitrogen and oxygen atoms in total. The normalized spacial score (nSPS) is 13.6. The van der Waals surface area contributed by atoms with Gasteiger partial charge in [-0.2, -0.15) is 0 Å². The van der Waals surface area contributed by atoms with Gasteiger partial charge >= 0.3 is 68.9 Å². The van der Waals surface area contributed by atoms with E-state index in [0.717, 1.165) is 54.7 Å². The number of unbranched alkanes of at least 4 members (excludes halogenated alkanes) is 2. The Morgan fingerprint density at radius 2 is 1.06 bits per heavy atom. The number of benzene rings is 8. The number of allylic oxidation sites excluding steroid dienone is 1. The molecule has 1 saturated heterocycles. The van der Waals surface area contributed by atoms with Crippen LogP contribution >= 0.6 is 15.9 Å². The second-order valence-electron chi connectivity index (χ2n) is 22.6. The van der Waals surface area contributed by atoms with Crippen LogP contribution in [0.3, 0.4) is 0 Å². The smallest absolute Gasteiger partial charge is 1.00 e. The molecule has 1 fully saturated rings. The number of halogens is 2. The van der Waals surface area contributed by atoms with Crippen LogP contribution in [-0.4, -0.2) is 76.4 Å². The molecular formula is C77H96Br2CsN3O5. The van der Waals surface area contributed by atoms with Gasteiger partial charge in [0.05, 0.1) is 18.6 Å². The quantitative estimate of drug-likeness (QED) is 0.0487. The molecule has 5 N–H and O–H groups in total. The van der Waals surface area contributed by atoms with E-state index in [2.05, 4.69) is 134 Å². The van der Waals surface area contributed by atoms with Gasteiger partial charge < -0.3 is 42.9 Å². The number of Topliss-reactive ketones (excluding diaryl/α,β-unsaturated/α-hetero) is 2. The predicted octanol–water partition coefficient (Wildman–Crippen LogP) is 11.9. The number of ether oxygens (including phenoxy) is 1. The fourth-order valence-corrected chi connectivity index (χ4v) is 11.3. The minimum atomic E-state index is -0.841. The molecule has 2 aliphatic heterocycles. The summed E-state index contributed by atoms with van der Waals surface area (Å²) >= 11 is 3.32. The maximum Gasteiger partial charge on any atom is 1.00 e. The van der Waals surface area contributed by atoms with Crippen LogP contribution in [0.4, 0.5) is 0 Å². The summed E-state index contributed by atoms with van der Waals surface area (Å²) in [6.07, 6.45) is 20.3. The number of nitrogens with zero attached hydrogens (tertiary/aromatic N) is 2. The first-order valence-electron chi connectivity index (χ1n) is 30.7. The minimum Gasteiger partial charge on any atom is -1.00 e. The average Bonchev–Trinajstić information content (AvgIpc) is 1.52. The first-order valence-corrected chi connectivity index (χ1v) is 31.8. The van der Waals surface area contributed by atoms with Crippen LogP contribution in [0.15, 0.2) is 199 Å². The largest absolute Gasteiger partial charge is 1.00 e. The third-order valence-electron chi connectivity index (χ3n) is 15.9. The third-order valence-corrected chi connectivity index (χ3v) is 16.2. The van der Waals surface area contributed by atoms with Crippen LogP contribution in [-0.2, 0) is 40.3 Å². The molecule has 0 amide bonds. The van der Waals surface area contributed by atoms with E-state index in [9.17, 15) is 9.59 Å². The molecule has 8 aromatic carbocycles. The van der Waals surface area contributed by atoms with Gasteiger partial charge in [0.2, 0.25) is 0 Å². The fraction of sp³-hybridized carbons (Fsp3) is 0.338. The zero-order valence-corrected chi connectivity index (χ0v) is 63.2. The van der Waals surface area contributed by atoms with Gasteiger partial charge in [0, 0.05) is 36.1 Å². The van der Waals surface area contributed by atoms with Gasteiger partial charge in [0.15, 0.2) is 5.78 Å². The van der Waals surface area contributed by atoms with Gasteiger partial charge in [-0.25, -0.2) is 0 Å². The van der Waals surface area contributed by atoms with Gasteiger partial charge in [-0.05, 0) is 145 Å². The monoisotopic (exact) mass is 1430 g/mol. The Bertz CT molecular complexity index is 3250. The number of carbonyl (C=O) groups is 2. The van der Waals surface area contributed by atoms with Crippen molar-refractivity contribution in [1.82, 2.24) is 0 Å². The van der Waals surface area contributed by atoms with Gasteiger partial charge in [-0.1, -0.05) is 256 Å². The van der Waals surface area contributed by atoms with E-state index in [-0.39, 0.29) is 114 Å². The first-order chi connectivity index (χ1) is 40.8. The summed E-state index contributed by atoms with van der Waals surface area (Å²) < 4.78 is 6.14. The van der Waals surface area contributed by atoms with Gasteiger partial charge in [-0.15, -0.1) is 0 Å². The Morgan fingerprint density at radius 1 is 0.636 bits per heavy atom. The van der Waals surface area contributed by atoms with Crippen molar-refractivity contribution in [3.8, 4) is 11.1 Å². The van der Waals surface area contributed by atoms with Crippen LogP contribution < -0.4 is 91.6 Å². The Hall–Kier alpha value is -4.42. The molecule has 0 saturated carbocycles. The van der Waals surface area contributed by atoms with Crippen LogP contribution in [0, 0.1) is 13.8 Å². The Kier molecular flexibility index (Phi) is 39.3. The Balaban J connectivity index is 0.000000414. The number of ketones is 2. The molecule has 2 atom stereocenters. The molecular weight excluding hydrogens is 1340 g/mol. The van der Waals surface area contributed by atoms with Gasteiger partial charge in [0.1, 0.15) is 24.9 Å². The Labute approximate surface area is 605 Å². The third kappa shape index (κ3) is 25.3. The molecule has 88 heavy (non-hydrogen) atoms. The number of rotatable bonds is 19. The van der Waals surface area contributed by atoms with E-state index in [4.69, 9.17) is 10.5 Å². The SMILES string of the molecule is BrC/C=C/c1ccccc1.C1CCOC1.CC(=O)[C@](N)(C/C=C/c1ccccc1)Cc1ccccc1.CCC=NC(Cc1ccccc1)C(C)=O.CCCC[N+]1(CCCC)Cc2c(C)cc3ccccc3c2-c2c(c(C)cc3ccccc23)C1.O.[Br-].[Cs+].[OH-]. The summed E-state index contributed by atoms with van der Waals surface area (Å²) in [6.45, 7) is 21.4. The van der Waals surface area contributed by atoms with Crippen LogP contribution in [0.25, 0.3) is 44.8 Å². The molecule has 0 spiro atoms. The van der Waals surface area contributed by atoms with E-state index in [0.29, 0.717) is 19.3 Å². The fourth-order valence-electron chi connectivity index (χ4n) is 11.1. The van der Waals surface area contributed by atoms with Gasteiger partial charge in [-0.3, -0.25) is 14.6 Å². The molecule has 11 heteroatoms. The van der Waals surface area contributed by atoms with E-state index < -0.39 is 5.54 Å². The van der Waals surface area contributed by atoms with Crippen molar-refractivity contribution in [3.63, 3.8) is 0 Å². The molecule has 1 unspecified atom stereocenters. The van der Waals surface area contributed by atoms with Crippen molar-refractivity contribution in [2.75, 3.05) is 31.6 Å². The summed E-state index contributed by atoms with van der Waals surface area (Å²) in [5.74, 6) is 0.146. The molecule has 8 aromatic rings. The van der Waals surface area contributed by atoms with Crippen LogP contribution in [0.2, 0.25) is 0 Å². The van der Waals surface area contributed by atoms with Crippen molar-refractivity contribution in [1.29, 1.82) is 0 Å². The number of quaternary nitrogens is 1. The second-order valence-corrected chi connectivity index (χ2v) is 23.2. The maximum atomic E-state index is 12.0. The van der Waals surface area contributed by atoms with E-state index in [1.807, 2.05) is 134 Å². The number of aliphatic imine (C=N–C) groups is 1. The van der Waals surface area contributed by atoms with Crippen LogP contribution in [0.5, 0.6) is 0 Å². The molecule has 0 radical (unpaired) electrons. The summed E-state index contributed by atoms with van der Waals surface area (Å²) in [5, 5.41) is 6.49. The second kappa shape index (κ2) is 43.4. The average molecular weight is 1440 g/mol. The predicted molar refractivity (Wildman–Crippen MR) is 370 cm³/mol. The van der Waals surface area contributed by atoms with Crippen molar-refractivity contribution in [2.24, 2.45) is 10.7 Å². The van der Waals surface area contributed by atoms with E-state index in [1.54, 1.807) is 25.0 Å². The summed E-state index contributed by atoms with van der Waals surface area (Å²) in [6, 6.07) is 62.9. The number of carbonyl (C=O) groups excluding carboxylic acids is 2. The first kappa shape index (κ1) is 79.7. The summed E-state index contributed by atoms with van der Waals surface area (Å²) in [7, 11) is 0. The topological polar surface area (TPSA) is 143 Å². The Morgan fingerprint density at radius 3 is 1.45 bits per heavy atom. The molecule has 10 rings (SSSR count). The number of fused-ring (bicyclic) bond motifs is 7. The molecule has 464 valence electrons. The molecule has 2 aliphatic rings. The molecule has 0 bridgehead atoms. The molecule has 2 heterocycles. The van der Waals surface area contributed by atoms with Crippen molar-refractivity contribution in [3.05, 3.63) is 239 Å². The minimum absolute atomic E-state index is 0. The number of alkyl halides is 1. The van der Waals surface area contributed by atoms with Crippen LogP contribution in [0.1, 0.15) is 130 Å². The van der Waals surface area contributed by atoms with E-state index in [1.165, 1.54) is 105 Å². The number of hydrogen-bond donors (Lipinski definition) is 1. The van der Waals surface area contributed by atoms with Crippen molar-refractivity contribution in [2.45, 2.75) is 137 Å². The molecule has 0 aliphatic carbocycles. The van der Waals surface area contributed by atoms with Crippen molar-refractivity contribution < 1.29 is 116 Å². The maximum absolute atomic E-state index is 12.0. The number of aryl methyl sites for hydroxylation is 2. The number of nitrogens with two attached hydrogens (primary N) is 1.